The van der Waals surface area contributed by atoms with Crippen molar-refractivity contribution in [2.45, 2.75) is 64.8 Å². The van der Waals surface area contributed by atoms with E-state index in [4.69, 9.17) is 5.11 Å². The molecule has 0 radical (unpaired) electrons. The van der Waals surface area contributed by atoms with E-state index in [2.05, 4.69) is 19.2 Å². The van der Waals surface area contributed by atoms with Crippen molar-refractivity contribution in [3.8, 4) is 0 Å². The molecule has 0 aromatic rings. The van der Waals surface area contributed by atoms with Crippen LogP contribution in [-0.2, 0) is 9.59 Å². The third-order valence-corrected chi connectivity index (χ3v) is 3.47. The van der Waals surface area contributed by atoms with Crippen LogP contribution in [-0.4, -0.2) is 23.0 Å². The zero-order chi connectivity index (χ0) is 12.9. The Morgan fingerprint density at radius 3 is 2.29 bits per heavy atom. The molecule has 0 bridgehead atoms. The molecule has 17 heavy (non-hydrogen) atoms. The molecule has 98 valence electrons. The predicted molar refractivity (Wildman–Crippen MR) is 65.7 cm³/mol. The lowest BCUT2D eigenvalue weighted by molar-refractivity contribution is -0.149. The van der Waals surface area contributed by atoms with E-state index in [1.54, 1.807) is 0 Å². The molecule has 1 aliphatic rings. The Kier molecular flexibility index (Phi) is 4.97. The summed E-state index contributed by atoms with van der Waals surface area (Å²) in [6.07, 6.45) is 6.04. The highest BCUT2D eigenvalue weighted by atomic mass is 16.4. The lowest BCUT2D eigenvalue weighted by atomic mass is 10.0. The Labute approximate surface area is 103 Å². The summed E-state index contributed by atoms with van der Waals surface area (Å²) in [5.41, 5.74) is -1.10. The molecule has 1 atom stereocenters. The first-order valence-electron chi connectivity index (χ1n) is 6.61. The summed E-state index contributed by atoms with van der Waals surface area (Å²) in [5, 5.41) is 11.9. The quantitative estimate of drug-likeness (QED) is 0.641. The zero-order valence-electron chi connectivity index (χ0n) is 10.8. The minimum absolute atomic E-state index is 0.143. The van der Waals surface area contributed by atoms with Crippen LogP contribution in [0.5, 0.6) is 0 Å². The summed E-state index contributed by atoms with van der Waals surface area (Å²) in [6, 6.07) is 0.143. The summed E-state index contributed by atoms with van der Waals surface area (Å²) in [4.78, 5) is 22.9. The third-order valence-electron chi connectivity index (χ3n) is 3.47. The van der Waals surface area contributed by atoms with Gasteiger partial charge in [-0.15, -0.1) is 0 Å². The van der Waals surface area contributed by atoms with Gasteiger partial charge in [0.2, 0.25) is 5.91 Å². The average molecular weight is 241 g/mol. The molecule has 1 rings (SSSR count). The lowest BCUT2D eigenvalue weighted by Crippen LogP contribution is -2.42. The Balaban J connectivity index is 2.49. The molecule has 1 amide bonds. The van der Waals surface area contributed by atoms with Crippen LogP contribution in [0.15, 0.2) is 0 Å². The molecular weight excluding hydrogens is 218 g/mol. The first-order valence-corrected chi connectivity index (χ1v) is 6.61. The van der Waals surface area contributed by atoms with E-state index in [1.165, 1.54) is 0 Å². The van der Waals surface area contributed by atoms with Crippen molar-refractivity contribution in [1.82, 2.24) is 5.32 Å². The fraction of sp³-hybridized carbons (Fsp3) is 0.846. The molecule has 0 aromatic heterocycles. The van der Waals surface area contributed by atoms with Crippen molar-refractivity contribution in [2.24, 2.45) is 5.41 Å². The van der Waals surface area contributed by atoms with Crippen molar-refractivity contribution < 1.29 is 14.7 Å². The molecule has 1 fully saturated rings. The highest BCUT2D eigenvalue weighted by Gasteiger charge is 2.57. The summed E-state index contributed by atoms with van der Waals surface area (Å²) in [5.74, 6) is -1.25. The summed E-state index contributed by atoms with van der Waals surface area (Å²) in [7, 11) is 0. The molecule has 0 aromatic carbocycles. The number of carbonyl (C=O) groups excluding carboxylic acids is 1. The first kappa shape index (κ1) is 14.0. The molecule has 0 heterocycles. The van der Waals surface area contributed by atoms with Gasteiger partial charge in [-0.2, -0.15) is 0 Å². The van der Waals surface area contributed by atoms with E-state index < -0.39 is 11.4 Å². The number of carbonyl (C=O) groups is 2. The standard InChI is InChI=1S/C13H23NO3/c1-3-5-7-10(6-4-2)14-11(15)13(8-9-13)12(16)17/h10H,3-9H2,1-2H3,(H,14,15)(H,16,17). The van der Waals surface area contributed by atoms with E-state index >= 15 is 0 Å². The number of carboxylic acids is 1. The number of amides is 1. The second-order valence-electron chi connectivity index (χ2n) is 4.99. The van der Waals surface area contributed by atoms with Crippen molar-refractivity contribution >= 4 is 11.9 Å². The van der Waals surface area contributed by atoms with Crippen molar-refractivity contribution in [1.29, 1.82) is 0 Å². The Bertz CT molecular complexity index is 284. The maximum absolute atomic E-state index is 11.9. The van der Waals surface area contributed by atoms with Crippen LogP contribution < -0.4 is 5.32 Å². The van der Waals surface area contributed by atoms with E-state index in [1.807, 2.05) is 0 Å². The summed E-state index contributed by atoms with van der Waals surface area (Å²) >= 11 is 0. The largest absolute Gasteiger partial charge is 0.480 e. The molecule has 1 aliphatic carbocycles. The van der Waals surface area contributed by atoms with Crippen LogP contribution in [0.25, 0.3) is 0 Å². The van der Waals surface area contributed by atoms with Crippen molar-refractivity contribution in [2.75, 3.05) is 0 Å². The topological polar surface area (TPSA) is 66.4 Å². The van der Waals surface area contributed by atoms with Gasteiger partial charge in [-0.05, 0) is 25.7 Å². The average Bonchev–Trinajstić information content (AvgIpc) is 3.07. The van der Waals surface area contributed by atoms with E-state index in [0.29, 0.717) is 12.8 Å². The van der Waals surface area contributed by atoms with Gasteiger partial charge in [0.25, 0.3) is 0 Å². The SMILES string of the molecule is CCCCC(CCC)NC(=O)C1(C(=O)O)CC1. The molecule has 0 spiro atoms. The van der Waals surface area contributed by atoms with Crippen LogP contribution in [0.2, 0.25) is 0 Å². The molecule has 0 aliphatic heterocycles. The highest BCUT2D eigenvalue weighted by molar-refractivity contribution is 6.04. The number of hydrogen-bond donors (Lipinski definition) is 2. The molecule has 0 saturated heterocycles. The molecule has 4 heteroatoms. The Morgan fingerprint density at radius 1 is 1.24 bits per heavy atom. The van der Waals surface area contributed by atoms with Gasteiger partial charge < -0.3 is 10.4 Å². The maximum atomic E-state index is 11.9. The molecule has 2 N–H and O–H groups in total. The van der Waals surface area contributed by atoms with E-state index in [-0.39, 0.29) is 11.9 Å². The molecule has 1 unspecified atom stereocenters. The predicted octanol–water partition coefficient (Wildman–Crippen LogP) is 2.33. The summed E-state index contributed by atoms with van der Waals surface area (Å²) in [6.45, 7) is 4.19. The van der Waals surface area contributed by atoms with Gasteiger partial charge in [-0.25, -0.2) is 0 Å². The molecule has 4 nitrogen and oxygen atoms in total. The van der Waals surface area contributed by atoms with Crippen LogP contribution in [0, 0.1) is 5.41 Å². The number of rotatable bonds is 8. The smallest absolute Gasteiger partial charge is 0.319 e. The van der Waals surface area contributed by atoms with Gasteiger partial charge in [0, 0.05) is 6.04 Å². The van der Waals surface area contributed by atoms with Gasteiger partial charge in [0.1, 0.15) is 5.41 Å². The van der Waals surface area contributed by atoms with Gasteiger partial charge in [-0.3, -0.25) is 9.59 Å². The van der Waals surface area contributed by atoms with Gasteiger partial charge >= 0.3 is 5.97 Å². The van der Waals surface area contributed by atoms with Crippen LogP contribution >= 0.6 is 0 Å². The van der Waals surface area contributed by atoms with Gasteiger partial charge in [-0.1, -0.05) is 33.1 Å². The van der Waals surface area contributed by atoms with Crippen LogP contribution in [0.3, 0.4) is 0 Å². The fourth-order valence-corrected chi connectivity index (χ4v) is 2.07. The fourth-order valence-electron chi connectivity index (χ4n) is 2.07. The number of aliphatic carboxylic acids is 1. The van der Waals surface area contributed by atoms with E-state index in [0.717, 1.165) is 32.1 Å². The normalized spacial score (nSPS) is 18.5. The van der Waals surface area contributed by atoms with Crippen LogP contribution in [0.4, 0.5) is 0 Å². The molecular formula is C13H23NO3. The maximum Gasteiger partial charge on any atom is 0.319 e. The minimum Gasteiger partial charge on any atom is -0.480 e. The van der Waals surface area contributed by atoms with Crippen molar-refractivity contribution in [3.05, 3.63) is 0 Å². The monoisotopic (exact) mass is 241 g/mol. The second kappa shape index (κ2) is 6.03. The lowest BCUT2D eigenvalue weighted by Gasteiger charge is -2.20. The number of unbranched alkanes of at least 4 members (excludes halogenated alkanes) is 1. The number of carboxylic acid groups (broad SMARTS) is 1. The number of hydrogen-bond acceptors (Lipinski definition) is 2. The Hall–Kier alpha value is -1.06. The van der Waals surface area contributed by atoms with Gasteiger partial charge in [0.15, 0.2) is 0 Å². The van der Waals surface area contributed by atoms with Gasteiger partial charge in [0.05, 0.1) is 0 Å². The minimum atomic E-state index is -1.10. The third kappa shape index (κ3) is 3.45. The Morgan fingerprint density at radius 2 is 1.88 bits per heavy atom. The number of nitrogens with one attached hydrogen (secondary N) is 1. The zero-order valence-corrected chi connectivity index (χ0v) is 10.8. The molecule has 1 saturated carbocycles. The first-order chi connectivity index (χ1) is 8.06. The second-order valence-corrected chi connectivity index (χ2v) is 4.99. The summed E-state index contributed by atoms with van der Waals surface area (Å²) < 4.78 is 0. The van der Waals surface area contributed by atoms with Crippen LogP contribution in [0.1, 0.15) is 58.8 Å². The van der Waals surface area contributed by atoms with Crippen molar-refractivity contribution in [3.63, 3.8) is 0 Å². The van der Waals surface area contributed by atoms with E-state index in [9.17, 15) is 9.59 Å². The highest BCUT2D eigenvalue weighted by Crippen LogP contribution is 2.46.